The van der Waals surface area contributed by atoms with Gasteiger partial charge in [-0.3, -0.25) is 0 Å². The summed E-state index contributed by atoms with van der Waals surface area (Å²) in [5.74, 6) is -3.00. The van der Waals surface area contributed by atoms with Crippen molar-refractivity contribution in [2.75, 3.05) is 5.32 Å². The van der Waals surface area contributed by atoms with Gasteiger partial charge in [0.15, 0.2) is 5.82 Å². The summed E-state index contributed by atoms with van der Waals surface area (Å²) in [6.07, 6.45) is 0. The minimum Gasteiger partial charge on any atom is -0.478 e. The molecule has 0 aromatic heterocycles. The second-order valence-electron chi connectivity index (χ2n) is 3.86. The van der Waals surface area contributed by atoms with Crippen molar-refractivity contribution < 1.29 is 18.7 Å². The SMILES string of the molecule is O=C(O)c1cc(Cl)ccc1Nc1c(F)cc(F)cc1Cl. The van der Waals surface area contributed by atoms with Gasteiger partial charge in [-0.2, -0.15) is 0 Å². The first kappa shape index (κ1) is 14.6. The lowest BCUT2D eigenvalue weighted by atomic mass is 10.1. The Bertz CT molecular complexity index is 669. The van der Waals surface area contributed by atoms with E-state index in [0.717, 1.165) is 6.07 Å². The van der Waals surface area contributed by atoms with Crippen molar-refractivity contribution in [1.82, 2.24) is 0 Å². The smallest absolute Gasteiger partial charge is 0.337 e. The monoisotopic (exact) mass is 317 g/mol. The molecule has 2 aromatic rings. The molecule has 0 saturated carbocycles. The number of aromatic carboxylic acids is 1. The molecular weight excluding hydrogens is 311 g/mol. The van der Waals surface area contributed by atoms with Crippen LogP contribution in [0.3, 0.4) is 0 Å². The Morgan fingerprint density at radius 2 is 1.85 bits per heavy atom. The summed E-state index contributed by atoms with van der Waals surface area (Å²) in [6.45, 7) is 0. The molecule has 7 heteroatoms. The van der Waals surface area contributed by atoms with Crippen molar-refractivity contribution in [1.29, 1.82) is 0 Å². The van der Waals surface area contributed by atoms with Gasteiger partial charge >= 0.3 is 5.97 Å². The molecule has 0 atom stereocenters. The van der Waals surface area contributed by atoms with E-state index in [1.54, 1.807) is 0 Å². The summed E-state index contributed by atoms with van der Waals surface area (Å²) in [5, 5.41) is 11.6. The molecule has 0 radical (unpaired) electrons. The normalized spacial score (nSPS) is 10.4. The number of hydrogen-bond donors (Lipinski definition) is 2. The maximum atomic E-state index is 13.6. The third kappa shape index (κ3) is 3.00. The molecule has 2 N–H and O–H groups in total. The molecule has 0 spiro atoms. The molecule has 0 fully saturated rings. The third-order valence-corrected chi connectivity index (χ3v) is 3.01. The first-order valence-electron chi connectivity index (χ1n) is 5.33. The minimum atomic E-state index is -1.24. The van der Waals surface area contributed by atoms with Crippen molar-refractivity contribution in [3.63, 3.8) is 0 Å². The van der Waals surface area contributed by atoms with Crippen LogP contribution in [0.25, 0.3) is 0 Å². The number of carboxylic acid groups (broad SMARTS) is 1. The van der Waals surface area contributed by atoms with Gasteiger partial charge in [-0.1, -0.05) is 23.2 Å². The predicted octanol–water partition coefficient (Wildman–Crippen LogP) is 4.71. The second-order valence-corrected chi connectivity index (χ2v) is 4.71. The predicted molar refractivity (Wildman–Crippen MR) is 73.1 cm³/mol. The van der Waals surface area contributed by atoms with Gasteiger partial charge < -0.3 is 10.4 Å². The summed E-state index contributed by atoms with van der Waals surface area (Å²) < 4.78 is 26.6. The molecule has 2 rings (SSSR count). The number of carbonyl (C=O) groups is 1. The molecule has 0 aliphatic rings. The topological polar surface area (TPSA) is 49.3 Å². The van der Waals surface area contributed by atoms with Crippen molar-refractivity contribution in [2.45, 2.75) is 0 Å². The Hall–Kier alpha value is -1.85. The first-order chi connectivity index (χ1) is 9.38. The summed E-state index contributed by atoms with van der Waals surface area (Å²) >= 11 is 11.4. The lowest BCUT2D eigenvalue weighted by Gasteiger charge is -2.12. The highest BCUT2D eigenvalue weighted by atomic mass is 35.5. The molecule has 0 heterocycles. The Kier molecular flexibility index (Phi) is 4.11. The molecular formula is C13H7Cl2F2NO2. The average Bonchev–Trinajstić information content (AvgIpc) is 2.34. The maximum absolute atomic E-state index is 13.6. The maximum Gasteiger partial charge on any atom is 0.337 e. The van der Waals surface area contributed by atoms with E-state index in [4.69, 9.17) is 28.3 Å². The van der Waals surface area contributed by atoms with E-state index in [1.165, 1.54) is 18.2 Å². The van der Waals surface area contributed by atoms with Crippen LogP contribution in [0.2, 0.25) is 10.0 Å². The number of hydrogen-bond acceptors (Lipinski definition) is 2. The molecule has 20 heavy (non-hydrogen) atoms. The van der Waals surface area contributed by atoms with Crippen molar-refractivity contribution >= 4 is 40.5 Å². The number of carboxylic acids is 1. The van der Waals surface area contributed by atoms with Crippen LogP contribution in [0.5, 0.6) is 0 Å². The van der Waals surface area contributed by atoms with Crippen LogP contribution in [0.15, 0.2) is 30.3 Å². The molecule has 0 unspecified atom stereocenters. The second kappa shape index (κ2) is 5.64. The lowest BCUT2D eigenvalue weighted by Crippen LogP contribution is -2.04. The van der Waals surface area contributed by atoms with Gasteiger partial charge in [0.1, 0.15) is 5.82 Å². The Labute approximate surface area is 122 Å². The summed E-state index contributed by atoms with van der Waals surface area (Å²) in [6, 6.07) is 5.58. The number of rotatable bonds is 3. The van der Waals surface area contributed by atoms with Crippen LogP contribution in [0.4, 0.5) is 20.2 Å². The molecule has 104 valence electrons. The van der Waals surface area contributed by atoms with E-state index in [1.807, 2.05) is 0 Å². The van der Waals surface area contributed by atoms with Gasteiger partial charge in [-0.15, -0.1) is 0 Å². The lowest BCUT2D eigenvalue weighted by molar-refractivity contribution is 0.0698. The van der Waals surface area contributed by atoms with Gasteiger partial charge in [0, 0.05) is 11.1 Å². The van der Waals surface area contributed by atoms with E-state index in [9.17, 15) is 13.6 Å². The van der Waals surface area contributed by atoms with E-state index in [2.05, 4.69) is 5.32 Å². The minimum absolute atomic E-state index is 0.0920. The van der Waals surface area contributed by atoms with Gasteiger partial charge in [-0.25, -0.2) is 13.6 Å². The highest BCUT2D eigenvalue weighted by Crippen LogP contribution is 2.31. The molecule has 2 aromatic carbocycles. The third-order valence-electron chi connectivity index (χ3n) is 2.48. The fraction of sp³-hybridized carbons (Fsp3) is 0. The Morgan fingerprint density at radius 3 is 2.45 bits per heavy atom. The molecule has 0 saturated heterocycles. The Balaban J connectivity index is 2.48. The quantitative estimate of drug-likeness (QED) is 0.861. The van der Waals surface area contributed by atoms with Crippen LogP contribution >= 0.6 is 23.2 Å². The van der Waals surface area contributed by atoms with Crippen LogP contribution in [-0.2, 0) is 0 Å². The zero-order valence-corrected chi connectivity index (χ0v) is 11.3. The van der Waals surface area contributed by atoms with Gasteiger partial charge in [0.05, 0.1) is 22.0 Å². The van der Waals surface area contributed by atoms with Crippen molar-refractivity contribution in [3.05, 3.63) is 57.6 Å². The summed E-state index contributed by atoms with van der Waals surface area (Å²) in [5.41, 5.74) is -0.274. The highest BCUT2D eigenvalue weighted by molar-refractivity contribution is 6.33. The van der Waals surface area contributed by atoms with Gasteiger partial charge in [-0.05, 0) is 24.3 Å². The number of anilines is 2. The highest BCUT2D eigenvalue weighted by Gasteiger charge is 2.15. The van der Waals surface area contributed by atoms with E-state index in [-0.39, 0.29) is 27.0 Å². The standard InChI is InChI=1S/C13H7Cl2F2NO2/c14-6-1-2-11(8(3-6)13(19)20)18-12-9(15)4-7(16)5-10(12)17/h1-5,18H,(H,19,20). The van der Waals surface area contributed by atoms with Crippen molar-refractivity contribution in [3.8, 4) is 0 Å². The molecule has 0 amide bonds. The number of halogens is 4. The number of benzene rings is 2. The zero-order valence-electron chi connectivity index (χ0n) is 9.75. The average molecular weight is 318 g/mol. The molecule has 0 aliphatic heterocycles. The number of nitrogens with one attached hydrogen (secondary N) is 1. The fourth-order valence-electron chi connectivity index (χ4n) is 1.60. The van der Waals surface area contributed by atoms with Crippen LogP contribution in [0.1, 0.15) is 10.4 Å². The van der Waals surface area contributed by atoms with Crippen molar-refractivity contribution in [2.24, 2.45) is 0 Å². The zero-order chi connectivity index (χ0) is 14.9. The van der Waals surface area contributed by atoms with Crippen LogP contribution in [-0.4, -0.2) is 11.1 Å². The van der Waals surface area contributed by atoms with Gasteiger partial charge in [0.25, 0.3) is 0 Å². The fourth-order valence-corrected chi connectivity index (χ4v) is 2.01. The largest absolute Gasteiger partial charge is 0.478 e. The van der Waals surface area contributed by atoms with Crippen LogP contribution in [0, 0.1) is 11.6 Å². The van der Waals surface area contributed by atoms with E-state index in [0.29, 0.717) is 6.07 Å². The van der Waals surface area contributed by atoms with Gasteiger partial charge in [0.2, 0.25) is 0 Å². The van der Waals surface area contributed by atoms with E-state index < -0.39 is 17.6 Å². The summed E-state index contributed by atoms with van der Waals surface area (Å²) in [4.78, 5) is 11.1. The van der Waals surface area contributed by atoms with Crippen LogP contribution < -0.4 is 5.32 Å². The van der Waals surface area contributed by atoms with E-state index >= 15 is 0 Å². The molecule has 0 bridgehead atoms. The molecule has 3 nitrogen and oxygen atoms in total. The molecule has 0 aliphatic carbocycles. The Morgan fingerprint density at radius 1 is 1.15 bits per heavy atom. The summed E-state index contributed by atoms with van der Waals surface area (Å²) in [7, 11) is 0. The first-order valence-corrected chi connectivity index (χ1v) is 6.08.